The number of fused-ring (bicyclic) bond motifs is 1. The van der Waals surface area contributed by atoms with E-state index in [-0.39, 0.29) is 0 Å². The van der Waals surface area contributed by atoms with Crippen molar-refractivity contribution in [3.05, 3.63) is 21.4 Å². The molecule has 17 heavy (non-hydrogen) atoms. The van der Waals surface area contributed by atoms with Gasteiger partial charge in [-0.2, -0.15) is 0 Å². The van der Waals surface area contributed by atoms with Gasteiger partial charge in [0, 0.05) is 9.75 Å². The third kappa shape index (κ3) is 2.51. The van der Waals surface area contributed by atoms with Gasteiger partial charge in [-0.3, -0.25) is 4.79 Å². The van der Waals surface area contributed by atoms with Gasteiger partial charge in [0.2, 0.25) is 0 Å². The molecular formula is C12H17NO3S. The maximum Gasteiger partial charge on any atom is 0.326 e. The molecule has 0 radical (unpaired) electrons. The van der Waals surface area contributed by atoms with Crippen LogP contribution in [0.3, 0.4) is 0 Å². The molecule has 0 aliphatic heterocycles. The van der Waals surface area contributed by atoms with Gasteiger partial charge >= 0.3 is 5.97 Å². The summed E-state index contributed by atoms with van der Waals surface area (Å²) in [6, 6.07) is 1.20. The minimum absolute atomic E-state index is 0.417. The monoisotopic (exact) mass is 255 g/mol. The summed E-state index contributed by atoms with van der Waals surface area (Å²) in [4.78, 5) is 13.1. The Bertz CT molecular complexity index is 416. The Morgan fingerprint density at radius 3 is 3.06 bits per heavy atom. The Kier molecular flexibility index (Phi) is 3.81. The van der Waals surface area contributed by atoms with Gasteiger partial charge in [-0.1, -0.05) is 6.92 Å². The van der Waals surface area contributed by atoms with Crippen molar-refractivity contribution >= 4 is 17.3 Å². The van der Waals surface area contributed by atoms with Gasteiger partial charge < -0.3 is 15.5 Å². The fraction of sp³-hybridized carbons (Fsp3) is 0.583. The predicted molar refractivity (Wildman–Crippen MR) is 66.3 cm³/mol. The number of aliphatic carboxylic acids is 1. The van der Waals surface area contributed by atoms with Crippen LogP contribution in [-0.4, -0.2) is 22.7 Å². The lowest BCUT2D eigenvalue weighted by atomic mass is 9.96. The molecule has 0 amide bonds. The smallest absolute Gasteiger partial charge is 0.326 e. The molecule has 0 spiro atoms. The first-order valence-corrected chi connectivity index (χ1v) is 6.72. The zero-order valence-electron chi connectivity index (χ0n) is 9.77. The van der Waals surface area contributed by atoms with E-state index in [9.17, 15) is 9.90 Å². The zero-order chi connectivity index (χ0) is 12.4. The molecule has 2 rings (SSSR count). The van der Waals surface area contributed by atoms with Crippen molar-refractivity contribution in [1.29, 1.82) is 0 Å². The van der Waals surface area contributed by atoms with E-state index in [2.05, 4.69) is 5.32 Å². The van der Waals surface area contributed by atoms with Crippen LogP contribution in [0.4, 0.5) is 0 Å². The van der Waals surface area contributed by atoms with Crippen LogP contribution in [0.25, 0.3) is 0 Å². The Balaban J connectivity index is 2.29. The Labute approximate surface area is 104 Å². The van der Waals surface area contributed by atoms with E-state index in [0.29, 0.717) is 6.54 Å². The molecule has 2 atom stereocenters. The fourth-order valence-electron chi connectivity index (χ4n) is 2.21. The zero-order valence-corrected chi connectivity index (χ0v) is 10.6. The van der Waals surface area contributed by atoms with Crippen LogP contribution in [0, 0.1) is 0 Å². The first-order chi connectivity index (χ1) is 8.13. The summed E-state index contributed by atoms with van der Waals surface area (Å²) in [5.41, 5.74) is 0.931. The van der Waals surface area contributed by atoms with E-state index in [0.717, 1.165) is 34.6 Å². The highest BCUT2D eigenvalue weighted by Gasteiger charge is 2.26. The second-order valence-electron chi connectivity index (χ2n) is 4.26. The molecule has 0 saturated heterocycles. The number of rotatable bonds is 4. The summed E-state index contributed by atoms with van der Waals surface area (Å²) >= 11 is 1.51. The van der Waals surface area contributed by atoms with Crippen LogP contribution in [0.2, 0.25) is 0 Å². The minimum Gasteiger partial charge on any atom is -0.480 e. The largest absolute Gasteiger partial charge is 0.480 e. The van der Waals surface area contributed by atoms with Gasteiger partial charge in [-0.25, -0.2) is 0 Å². The summed E-state index contributed by atoms with van der Waals surface area (Å²) in [6.07, 6.45) is 2.30. The minimum atomic E-state index is -0.861. The highest BCUT2D eigenvalue weighted by atomic mass is 32.1. The molecule has 1 aromatic heterocycles. The third-order valence-corrected chi connectivity index (χ3v) is 4.32. The average Bonchev–Trinajstić information content (AvgIpc) is 2.70. The molecule has 0 aromatic carbocycles. The van der Waals surface area contributed by atoms with Crippen molar-refractivity contribution in [3.63, 3.8) is 0 Å². The number of aliphatic hydroxyl groups excluding tert-OH is 1. The van der Waals surface area contributed by atoms with Gasteiger partial charge in [-0.05, 0) is 37.4 Å². The van der Waals surface area contributed by atoms with Crippen molar-refractivity contribution < 1.29 is 15.0 Å². The third-order valence-electron chi connectivity index (χ3n) is 3.04. The van der Waals surface area contributed by atoms with Crippen molar-refractivity contribution in [2.24, 2.45) is 0 Å². The summed E-state index contributed by atoms with van der Waals surface area (Å²) in [6.45, 7) is 2.50. The Morgan fingerprint density at radius 1 is 1.71 bits per heavy atom. The molecule has 1 aliphatic rings. The van der Waals surface area contributed by atoms with Crippen LogP contribution in [0.5, 0.6) is 0 Å². The number of likely N-dealkylation sites (N-methyl/N-ethyl adjacent to an activating group) is 1. The number of hydrogen-bond acceptors (Lipinski definition) is 4. The van der Waals surface area contributed by atoms with E-state index >= 15 is 0 Å². The second kappa shape index (κ2) is 5.16. The summed E-state index contributed by atoms with van der Waals surface area (Å²) < 4.78 is 0. The van der Waals surface area contributed by atoms with Crippen LogP contribution in [0.15, 0.2) is 6.07 Å². The molecular weight excluding hydrogens is 238 g/mol. The molecule has 0 bridgehead atoms. The number of thiophene rings is 1. The normalized spacial score (nSPS) is 20.9. The SMILES string of the molecule is CCNC(C(=O)O)c1cc2c(s1)CCCC2O. The van der Waals surface area contributed by atoms with Gasteiger partial charge in [-0.15, -0.1) is 11.3 Å². The highest BCUT2D eigenvalue weighted by Crippen LogP contribution is 2.37. The molecule has 4 nitrogen and oxygen atoms in total. The fourth-order valence-corrected chi connectivity index (χ4v) is 3.54. The standard InChI is InChI=1S/C12H17NO3S/c1-2-13-11(12(15)16)10-6-7-8(14)4-3-5-9(7)17-10/h6,8,11,13-14H,2-5H2,1H3,(H,15,16). The predicted octanol–water partition coefficient (Wildman–Crippen LogP) is 1.85. The van der Waals surface area contributed by atoms with Crippen LogP contribution in [-0.2, 0) is 11.2 Å². The quantitative estimate of drug-likeness (QED) is 0.768. The van der Waals surface area contributed by atoms with Gasteiger partial charge in [0.25, 0.3) is 0 Å². The van der Waals surface area contributed by atoms with Crippen molar-refractivity contribution in [2.45, 2.75) is 38.3 Å². The number of nitrogens with one attached hydrogen (secondary N) is 1. The van der Waals surface area contributed by atoms with E-state index in [1.54, 1.807) is 0 Å². The van der Waals surface area contributed by atoms with E-state index in [4.69, 9.17) is 5.11 Å². The molecule has 0 fully saturated rings. The Hall–Kier alpha value is -0.910. The van der Waals surface area contributed by atoms with E-state index in [1.165, 1.54) is 11.3 Å². The molecule has 1 aliphatic carbocycles. The first-order valence-electron chi connectivity index (χ1n) is 5.90. The number of carbonyl (C=O) groups is 1. The van der Waals surface area contributed by atoms with E-state index in [1.807, 2.05) is 13.0 Å². The molecule has 94 valence electrons. The second-order valence-corrected chi connectivity index (χ2v) is 5.43. The summed E-state index contributed by atoms with van der Waals surface area (Å²) in [5, 5.41) is 22.0. The first kappa shape index (κ1) is 12.5. The van der Waals surface area contributed by atoms with Crippen LogP contribution < -0.4 is 5.32 Å². The maximum atomic E-state index is 11.2. The number of aryl methyl sites for hydroxylation is 1. The summed E-state index contributed by atoms with van der Waals surface area (Å²) in [5.74, 6) is -0.861. The van der Waals surface area contributed by atoms with Crippen molar-refractivity contribution in [2.75, 3.05) is 6.54 Å². The average molecular weight is 255 g/mol. The molecule has 1 heterocycles. The lowest BCUT2D eigenvalue weighted by Gasteiger charge is -2.16. The van der Waals surface area contributed by atoms with E-state index < -0.39 is 18.1 Å². The molecule has 3 N–H and O–H groups in total. The van der Waals surface area contributed by atoms with Crippen molar-refractivity contribution in [1.82, 2.24) is 5.32 Å². The molecule has 1 aromatic rings. The highest BCUT2D eigenvalue weighted by molar-refractivity contribution is 7.12. The topological polar surface area (TPSA) is 69.6 Å². The molecule has 2 unspecified atom stereocenters. The lowest BCUT2D eigenvalue weighted by Crippen LogP contribution is -2.27. The molecule has 0 saturated carbocycles. The Morgan fingerprint density at radius 2 is 2.47 bits per heavy atom. The van der Waals surface area contributed by atoms with Gasteiger partial charge in [0.1, 0.15) is 6.04 Å². The lowest BCUT2D eigenvalue weighted by molar-refractivity contribution is -0.139. The van der Waals surface area contributed by atoms with Gasteiger partial charge in [0.15, 0.2) is 0 Å². The summed E-state index contributed by atoms with van der Waals surface area (Å²) in [7, 11) is 0. The maximum absolute atomic E-state index is 11.2. The number of aliphatic hydroxyl groups is 1. The van der Waals surface area contributed by atoms with Crippen molar-refractivity contribution in [3.8, 4) is 0 Å². The van der Waals surface area contributed by atoms with Gasteiger partial charge in [0.05, 0.1) is 6.10 Å². The molecule has 5 heteroatoms. The number of carboxylic acids is 1. The number of carboxylic acid groups (broad SMARTS) is 1. The number of hydrogen-bond donors (Lipinski definition) is 3. The van der Waals surface area contributed by atoms with Crippen LogP contribution >= 0.6 is 11.3 Å². The van der Waals surface area contributed by atoms with Crippen LogP contribution in [0.1, 0.15) is 47.2 Å².